The number of unbranched alkanes of at least 4 members (excludes halogenated alkanes) is 4. The van der Waals surface area contributed by atoms with Crippen molar-refractivity contribution in [1.29, 1.82) is 0 Å². The van der Waals surface area contributed by atoms with Crippen LogP contribution in [0.15, 0.2) is 0 Å². The van der Waals surface area contributed by atoms with E-state index in [1.165, 1.54) is 57.8 Å². The average Bonchev–Trinajstić information content (AvgIpc) is 2.25. The molecule has 1 aliphatic rings. The van der Waals surface area contributed by atoms with Gasteiger partial charge in [-0.2, -0.15) is 0 Å². The van der Waals surface area contributed by atoms with Crippen LogP contribution >= 0.6 is 22.6 Å². The molecule has 0 amide bonds. The SMILES string of the molecule is CCCCCCCOC1CCC(C)(I)CC1. The predicted molar refractivity (Wildman–Crippen MR) is 79.4 cm³/mol. The Morgan fingerprint density at radius 1 is 1.12 bits per heavy atom. The molecule has 0 aromatic carbocycles. The fourth-order valence-corrected chi connectivity index (χ4v) is 2.94. The number of ether oxygens (including phenoxy) is 1. The van der Waals surface area contributed by atoms with Crippen LogP contribution in [0.1, 0.15) is 71.6 Å². The van der Waals surface area contributed by atoms with Crippen molar-refractivity contribution in [3.63, 3.8) is 0 Å². The van der Waals surface area contributed by atoms with Crippen molar-refractivity contribution in [3.8, 4) is 0 Å². The van der Waals surface area contributed by atoms with Crippen molar-refractivity contribution in [2.75, 3.05) is 6.61 Å². The average molecular weight is 338 g/mol. The van der Waals surface area contributed by atoms with E-state index in [0.29, 0.717) is 9.53 Å². The van der Waals surface area contributed by atoms with E-state index in [-0.39, 0.29) is 0 Å². The first-order valence-electron chi connectivity index (χ1n) is 6.94. The van der Waals surface area contributed by atoms with Gasteiger partial charge in [0.15, 0.2) is 0 Å². The molecule has 0 unspecified atom stereocenters. The molecule has 1 aliphatic carbocycles. The second-order valence-electron chi connectivity index (χ2n) is 5.40. The predicted octanol–water partition coefficient (Wildman–Crippen LogP) is 5.11. The highest BCUT2D eigenvalue weighted by molar-refractivity contribution is 14.1. The topological polar surface area (TPSA) is 9.23 Å². The third-order valence-electron chi connectivity index (χ3n) is 3.58. The van der Waals surface area contributed by atoms with Crippen LogP contribution in [0.25, 0.3) is 0 Å². The molecule has 1 rings (SSSR count). The summed E-state index contributed by atoms with van der Waals surface area (Å²) in [4.78, 5) is 0. The largest absolute Gasteiger partial charge is 0.378 e. The quantitative estimate of drug-likeness (QED) is 0.356. The molecule has 0 heterocycles. The molecular weight excluding hydrogens is 311 g/mol. The van der Waals surface area contributed by atoms with E-state index in [1.807, 2.05) is 0 Å². The van der Waals surface area contributed by atoms with Gasteiger partial charge >= 0.3 is 0 Å². The molecule has 0 aromatic rings. The maximum atomic E-state index is 5.95. The zero-order chi connectivity index (χ0) is 11.9. The summed E-state index contributed by atoms with van der Waals surface area (Å²) in [5.41, 5.74) is 0. The summed E-state index contributed by atoms with van der Waals surface area (Å²) in [5.74, 6) is 0. The first-order chi connectivity index (χ1) is 7.64. The van der Waals surface area contributed by atoms with Gasteiger partial charge in [-0.05, 0) is 32.1 Å². The van der Waals surface area contributed by atoms with Crippen molar-refractivity contribution < 1.29 is 4.74 Å². The molecule has 0 spiro atoms. The van der Waals surface area contributed by atoms with Gasteiger partial charge in [0, 0.05) is 10.0 Å². The summed E-state index contributed by atoms with van der Waals surface area (Å²) in [5, 5.41) is 0. The van der Waals surface area contributed by atoms with Gasteiger partial charge in [-0.15, -0.1) is 0 Å². The third kappa shape index (κ3) is 6.43. The van der Waals surface area contributed by atoms with Crippen molar-refractivity contribution >= 4 is 22.6 Å². The van der Waals surface area contributed by atoms with Gasteiger partial charge < -0.3 is 4.74 Å². The molecule has 0 aliphatic heterocycles. The summed E-state index contributed by atoms with van der Waals surface area (Å²) in [6.45, 7) is 5.63. The highest BCUT2D eigenvalue weighted by atomic mass is 127. The van der Waals surface area contributed by atoms with E-state index in [4.69, 9.17) is 4.74 Å². The van der Waals surface area contributed by atoms with Crippen LogP contribution in [0.5, 0.6) is 0 Å². The Hall–Kier alpha value is 0.690. The van der Waals surface area contributed by atoms with E-state index < -0.39 is 0 Å². The molecule has 0 N–H and O–H groups in total. The number of hydrogen-bond donors (Lipinski definition) is 0. The summed E-state index contributed by atoms with van der Waals surface area (Å²) >= 11 is 2.61. The molecule has 1 saturated carbocycles. The monoisotopic (exact) mass is 338 g/mol. The van der Waals surface area contributed by atoms with Crippen molar-refractivity contribution in [1.82, 2.24) is 0 Å². The van der Waals surface area contributed by atoms with Crippen LogP contribution < -0.4 is 0 Å². The van der Waals surface area contributed by atoms with Crippen LogP contribution in [0.3, 0.4) is 0 Å². The lowest BCUT2D eigenvalue weighted by molar-refractivity contribution is 0.0226. The van der Waals surface area contributed by atoms with Crippen molar-refractivity contribution in [3.05, 3.63) is 0 Å². The van der Waals surface area contributed by atoms with Crippen LogP contribution in [0.4, 0.5) is 0 Å². The first kappa shape index (κ1) is 14.7. The zero-order valence-electron chi connectivity index (χ0n) is 10.9. The summed E-state index contributed by atoms with van der Waals surface area (Å²) in [6, 6.07) is 0. The van der Waals surface area contributed by atoms with E-state index in [1.54, 1.807) is 0 Å². The standard InChI is InChI=1S/C14H27IO/c1-3-4-5-6-7-12-16-13-8-10-14(2,15)11-9-13/h13H,3-12H2,1-2H3. The van der Waals surface area contributed by atoms with Gasteiger partial charge in [0.25, 0.3) is 0 Å². The van der Waals surface area contributed by atoms with Crippen LogP contribution in [-0.4, -0.2) is 16.1 Å². The van der Waals surface area contributed by atoms with Crippen LogP contribution in [0.2, 0.25) is 0 Å². The Bertz CT molecular complexity index is 170. The van der Waals surface area contributed by atoms with Gasteiger partial charge in [-0.3, -0.25) is 0 Å². The molecule has 1 nitrogen and oxygen atoms in total. The van der Waals surface area contributed by atoms with Gasteiger partial charge in [0.1, 0.15) is 0 Å². The number of rotatable bonds is 7. The Kier molecular flexibility index (Phi) is 7.29. The van der Waals surface area contributed by atoms with Crippen LogP contribution in [-0.2, 0) is 4.74 Å². The lowest BCUT2D eigenvalue weighted by Gasteiger charge is -2.32. The molecule has 96 valence electrons. The molecule has 0 aromatic heterocycles. The lowest BCUT2D eigenvalue weighted by Crippen LogP contribution is -2.29. The Morgan fingerprint density at radius 2 is 1.75 bits per heavy atom. The Labute approximate surface area is 115 Å². The van der Waals surface area contributed by atoms with E-state index in [9.17, 15) is 0 Å². The van der Waals surface area contributed by atoms with Gasteiger partial charge in [0.2, 0.25) is 0 Å². The van der Waals surface area contributed by atoms with Gasteiger partial charge in [0.05, 0.1) is 6.10 Å². The van der Waals surface area contributed by atoms with E-state index >= 15 is 0 Å². The molecule has 2 heteroatoms. The summed E-state index contributed by atoms with van der Waals surface area (Å²) in [7, 11) is 0. The van der Waals surface area contributed by atoms with Gasteiger partial charge in [-0.1, -0.05) is 62.1 Å². The van der Waals surface area contributed by atoms with E-state index in [0.717, 1.165) is 6.61 Å². The Balaban J connectivity index is 1.94. The van der Waals surface area contributed by atoms with E-state index in [2.05, 4.69) is 36.4 Å². The first-order valence-corrected chi connectivity index (χ1v) is 8.02. The second kappa shape index (κ2) is 7.91. The number of alkyl halides is 1. The Morgan fingerprint density at radius 3 is 2.38 bits per heavy atom. The molecule has 0 bridgehead atoms. The van der Waals surface area contributed by atoms with Crippen molar-refractivity contribution in [2.45, 2.75) is 81.2 Å². The number of halogens is 1. The molecule has 0 radical (unpaired) electrons. The minimum Gasteiger partial charge on any atom is -0.378 e. The second-order valence-corrected chi connectivity index (χ2v) is 8.00. The third-order valence-corrected chi connectivity index (χ3v) is 4.66. The fourth-order valence-electron chi connectivity index (χ4n) is 2.32. The zero-order valence-corrected chi connectivity index (χ0v) is 13.1. The summed E-state index contributed by atoms with van der Waals surface area (Å²) < 4.78 is 6.49. The summed E-state index contributed by atoms with van der Waals surface area (Å²) in [6.07, 6.45) is 12.5. The smallest absolute Gasteiger partial charge is 0.0576 e. The molecule has 16 heavy (non-hydrogen) atoms. The minimum atomic E-state index is 0.540. The normalized spacial score (nSPS) is 30.6. The molecule has 1 fully saturated rings. The maximum Gasteiger partial charge on any atom is 0.0576 e. The molecule has 0 saturated heterocycles. The van der Waals surface area contributed by atoms with Crippen LogP contribution in [0, 0.1) is 0 Å². The highest BCUT2D eigenvalue weighted by Crippen LogP contribution is 2.36. The van der Waals surface area contributed by atoms with Gasteiger partial charge in [-0.25, -0.2) is 0 Å². The fraction of sp³-hybridized carbons (Fsp3) is 1.00. The maximum absolute atomic E-state index is 5.95. The highest BCUT2D eigenvalue weighted by Gasteiger charge is 2.28. The minimum absolute atomic E-state index is 0.540. The lowest BCUT2D eigenvalue weighted by atomic mass is 9.89. The number of hydrogen-bond acceptors (Lipinski definition) is 1. The van der Waals surface area contributed by atoms with Crippen molar-refractivity contribution in [2.24, 2.45) is 0 Å². The molecule has 0 atom stereocenters. The molecular formula is C14H27IO.